The third-order valence-corrected chi connectivity index (χ3v) is 23.2. The van der Waals surface area contributed by atoms with Crippen LogP contribution in [0.4, 0.5) is 0 Å². The number of rotatable bonds is 24. The molecule has 15 rings (SSSR count). The fourth-order valence-corrected chi connectivity index (χ4v) is 14.7. The van der Waals surface area contributed by atoms with Crippen LogP contribution in [0, 0.1) is 243 Å². The van der Waals surface area contributed by atoms with Gasteiger partial charge >= 0.3 is 59.7 Å². The largest absolute Gasteiger partial charge is 0.462 e. The van der Waals surface area contributed by atoms with E-state index in [0.29, 0.717) is 144 Å². The van der Waals surface area contributed by atoms with Gasteiger partial charge in [0.1, 0.15) is 47.1 Å². The molecule has 712 valence electrons. The van der Waals surface area contributed by atoms with Gasteiger partial charge in [0.15, 0.2) is 0 Å². The standard InChI is InChI=1S/C24H28O4.C24H22O4.C22H24O4.C22H18O4.C22H24O4.5U/c2*1-17-3-9-20(10-4-17)23(25)27-16-15-19-7-13-22(14-8-19)28-24(26)21-11-5-18(2)6-12-21;2*1-15-3-11-19(12-4-15)25-21(23)17-7-9-18(10-8-17)22(24)26-20-13-5-16(2)6-14-20;1-15-3-7-17(8-4-15)21(23)25-19-11-13-20(14-12-19)26-22(24)18-9-5-16(2)6-10-18;;;;;/h3-6,9-12,19,22H,7-8,13-16H2,1-2H3;3-14H,15-16H2,1-2H3;3-6,11-14,17-18H,7-10H2,1-2H3;3-14H,1-2H3;3-10,19-20H,11-14H2,1-2H3;;;;;. The summed E-state index contributed by atoms with van der Waals surface area (Å²) in [6.45, 7) is 20.5. The minimum absolute atomic E-state index is 0. The molecule has 0 radical (unpaired) electrons. The van der Waals surface area contributed by atoms with Crippen molar-refractivity contribution in [3.8, 4) is 28.7 Å². The first-order valence-corrected chi connectivity index (χ1v) is 45.5. The molecular weight excluding hydrogens is 2880 g/mol. The van der Waals surface area contributed by atoms with E-state index < -0.39 is 11.9 Å². The molecule has 20 nitrogen and oxygen atoms in total. The molecule has 0 saturated heterocycles. The van der Waals surface area contributed by atoms with Crippen molar-refractivity contribution in [3.05, 3.63) is 397 Å². The third kappa shape index (κ3) is 40.9. The molecule has 0 amide bonds. The van der Waals surface area contributed by atoms with E-state index in [4.69, 9.17) is 47.4 Å². The van der Waals surface area contributed by atoms with Gasteiger partial charge in [-0.1, -0.05) is 189 Å². The van der Waals surface area contributed by atoms with Gasteiger partial charge in [-0.2, -0.15) is 0 Å². The number of esters is 10. The van der Waals surface area contributed by atoms with Gasteiger partial charge < -0.3 is 47.4 Å². The van der Waals surface area contributed by atoms with E-state index in [1.807, 2.05) is 215 Å². The molecular formula is C114H116O20U5. The number of ether oxygens (including phenoxy) is 10. The summed E-state index contributed by atoms with van der Waals surface area (Å²) < 4.78 is 54.5. The van der Waals surface area contributed by atoms with Crippen LogP contribution in [0.15, 0.2) is 291 Å². The molecule has 0 bridgehead atoms. The molecule has 3 aliphatic carbocycles. The van der Waals surface area contributed by atoms with Crippen molar-refractivity contribution >= 4 is 59.7 Å². The molecule has 0 unspecified atom stereocenters. The van der Waals surface area contributed by atoms with Gasteiger partial charge in [0, 0.05) is 162 Å². The second-order valence-electron chi connectivity index (χ2n) is 34.3. The second-order valence-corrected chi connectivity index (χ2v) is 34.3. The van der Waals surface area contributed by atoms with Crippen LogP contribution in [0.1, 0.15) is 228 Å². The predicted molar refractivity (Wildman–Crippen MR) is 513 cm³/mol. The Kier molecular flexibility index (Phi) is 52.3. The molecule has 25 heteroatoms. The molecule has 3 fully saturated rings. The molecule has 0 aromatic heterocycles. The zero-order valence-corrected chi connectivity index (χ0v) is 101. The van der Waals surface area contributed by atoms with Crippen LogP contribution in [-0.2, 0) is 39.7 Å². The molecule has 0 spiro atoms. The molecule has 139 heavy (non-hydrogen) atoms. The van der Waals surface area contributed by atoms with Crippen molar-refractivity contribution in [3.63, 3.8) is 0 Å². The Morgan fingerprint density at radius 1 is 0.209 bits per heavy atom. The summed E-state index contributed by atoms with van der Waals surface area (Å²) in [7, 11) is 0. The van der Waals surface area contributed by atoms with Gasteiger partial charge in [0.05, 0.1) is 69.6 Å². The van der Waals surface area contributed by atoms with Gasteiger partial charge in [0.25, 0.3) is 0 Å². The van der Waals surface area contributed by atoms with Crippen LogP contribution in [-0.4, -0.2) is 91.2 Å². The Hall–Kier alpha value is -9.40. The third-order valence-electron chi connectivity index (χ3n) is 23.2. The first-order valence-electron chi connectivity index (χ1n) is 45.5. The zero-order valence-electron chi connectivity index (χ0n) is 80.2. The maximum atomic E-state index is 12.3. The van der Waals surface area contributed by atoms with Crippen LogP contribution in [0.5, 0.6) is 28.7 Å². The Bertz CT molecular complexity index is 5650. The molecule has 3 saturated carbocycles. The average molecular weight is 3000 g/mol. The Labute approximate surface area is 934 Å². The van der Waals surface area contributed by atoms with E-state index >= 15 is 0 Å². The van der Waals surface area contributed by atoms with E-state index in [1.54, 1.807) is 146 Å². The predicted octanol–water partition coefficient (Wildman–Crippen LogP) is 24.2. The number of carbonyl (C=O) groups excluding carboxylic acids is 10. The van der Waals surface area contributed by atoms with Gasteiger partial charge in [-0.05, 0) is 322 Å². The summed E-state index contributed by atoms with van der Waals surface area (Å²) in [5, 5.41) is 0. The number of benzene rings is 12. The summed E-state index contributed by atoms with van der Waals surface area (Å²) in [5.74, 6) is -0.395. The van der Waals surface area contributed by atoms with Crippen molar-refractivity contribution in [2.45, 2.75) is 177 Å². The van der Waals surface area contributed by atoms with Crippen LogP contribution in [0.25, 0.3) is 0 Å². The molecule has 12 aromatic carbocycles. The Morgan fingerprint density at radius 3 is 0.640 bits per heavy atom. The second kappa shape index (κ2) is 61.4. The van der Waals surface area contributed by atoms with Gasteiger partial charge in [0.2, 0.25) is 0 Å². The van der Waals surface area contributed by atoms with E-state index in [9.17, 15) is 47.9 Å². The molecule has 3 aliphatic rings. The monoisotopic (exact) mass is 3000 g/mol. The van der Waals surface area contributed by atoms with Gasteiger partial charge in [-0.15, -0.1) is 0 Å². The van der Waals surface area contributed by atoms with Gasteiger partial charge in [-0.3, -0.25) is 9.59 Å². The SMILES string of the molecule is Cc1ccc(C(=O)OC2CCC(OC(=O)c3ccc(C)cc3)CC2)cc1.Cc1ccc(C(=O)OCCC2CCC(OC(=O)c3ccc(C)cc3)CC2)cc1.Cc1ccc(C(=O)OCCc2ccc(OC(=O)c3ccc(C)cc3)cc2)cc1.Cc1ccc(OC(=O)C2CCC(C(=O)Oc3ccc(C)cc3)CC2)cc1.Cc1ccc(OC(=O)c2ccc(C(=O)Oc3ccc(C)cc3)cc2)cc1.[U].[U].[U].[U].[U]. The van der Waals surface area contributed by atoms with E-state index in [2.05, 4.69) is 0 Å². The number of hydrogen-bond acceptors (Lipinski definition) is 20. The maximum Gasteiger partial charge on any atom is 0.343 e. The topological polar surface area (TPSA) is 263 Å². The van der Waals surface area contributed by atoms with Crippen LogP contribution < -0.4 is 23.7 Å². The first kappa shape index (κ1) is 118. The molecule has 0 heterocycles. The summed E-state index contributed by atoms with van der Waals surface area (Å²) >= 11 is 0. The van der Waals surface area contributed by atoms with E-state index in [1.165, 1.54) is 0 Å². The summed E-state index contributed by atoms with van der Waals surface area (Å²) in [6, 6.07) is 86.8. The van der Waals surface area contributed by atoms with Gasteiger partial charge in [-0.25, -0.2) is 38.4 Å². The number of carbonyl (C=O) groups is 10. The molecule has 0 aliphatic heterocycles. The van der Waals surface area contributed by atoms with Crippen LogP contribution in [0.2, 0.25) is 0 Å². The summed E-state index contributed by atoms with van der Waals surface area (Å²) in [4.78, 5) is 122. The Morgan fingerprint density at radius 2 is 0.396 bits per heavy atom. The fraction of sp³-hybridized carbons (Fsp3) is 0.281. The zero-order chi connectivity index (χ0) is 95.4. The van der Waals surface area contributed by atoms with Crippen LogP contribution in [0.3, 0.4) is 0 Å². The molecule has 12 aromatic rings. The quantitative estimate of drug-likeness (QED) is 0.0309. The number of aryl methyl sites for hydroxylation is 10. The Balaban J connectivity index is 0.000000264. The number of hydrogen-bond donors (Lipinski definition) is 0. The molecule has 0 N–H and O–H groups in total. The van der Waals surface area contributed by atoms with Crippen molar-refractivity contribution in [2.75, 3.05) is 13.2 Å². The van der Waals surface area contributed by atoms with Crippen molar-refractivity contribution < 1.29 is 251 Å². The summed E-state index contributed by atoms with van der Waals surface area (Å²) in [5.41, 5.74) is 16.2. The maximum absolute atomic E-state index is 12.3. The van der Waals surface area contributed by atoms with Crippen molar-refractivity contribution in [1.29, 1.82) is 0 Å². The normalized spacial score (nSPS) is 15.2. The van der Waals surface area contributed by atoms with Crippen molar-refractivity contribution in [1.82, 2.24) is 0 Å². The minimum Gasteiger partial charge on any atom is -0.462 e. The van der Waals surface area contributed by atoms with E-state index in [0.717, 1.165) is 93.3 Å². The smallest absolute Gasteiger partial charge is 0.343 e. The molecule has 0 atom stereocenters. The fourth-order valence-electron chi connectivity index (χ4n) is 14.7. The van der Waals surface area contributed by atoms with Crippen molar-refractivity contribution in [2.24, 2.45) is 17.8 Å². The first-order chi connectivity index (χ1) is 64.5. The minimum atomic E-state index is -0.479. The average Bonchev–Trinajstić information content (AvgIpc) is 0.846. The van der Waals surface area contributed by atoms with Crippen LogP contribution >= 0.6 is 0 Å². The summed E-state index contributed by atoms with van der Waals surface area (Å²) in [6.07, 6.45) is 10.4. The van der Waals surface area contributed by atoms with E-state index in [-0.39, 0.29) is 240 Å².